The summed E-state index contributed by atoms with van der Waals surface area (Å²) in [6, 6.07) is 12.1. The fourth-order valence-corrected chi connectivity index (χ4v) is 4.44. The van der Waals surface area contributed by atoms with E-state index in [4.69, 9.17) is 4.74 Å². The van der Waals surface area contributed by atoms with Crippen molar-refractivity contribution >= 4 is 23.5 Å². The van der Waals surface area contributed by atoms with Gasteiger partial charge in [-0.15, -0.1) is 0 Å². The fourth-order valence-electron chi connectivity index (χ4n) is 4.44. The molecule has 7 heteroatoms. The molecule has 0 bridgehead atoms. The van der Waals surface area contributed by atoms with Crippen LogP contribution in [0.2, 0.25) is 0 Å². The summed E-state index contributed by atoms with van der Waals surface area (Å²) in [6.45, 7) is 3.48. The van der Waals surface area contributed by atoms with E-state index in [9.17, 15) is 18.8 Å². The number of hydrogen-bond donors (Lipinski definition) is 1. The van der Waals surface area contributed by atoms with Crippen molar-refractivity contribution in [1.82, 2.24) is 5.32 Å². The van der Waals surface area contributed by atoms with Gasteiger partial charge in [-0.25, -0.2) is 9.29 Å². The molecule has 2 fully saturated rings. The lowest BCUT2D eigenvalue weighted by atomic mass is 9.80. The molecule has 0 aromatic heterocycles. The first-order valence-electron chi connectivity index (χ1n) is 9.34. The standard InChI is InChI=1S/C22H21FN2O4/c1-12-4-10-15(11-5-12)25-19(26)16-17(20(25)27)22(2,21(28)29-3)24-18(16)13-6-8-14(23)9-7-13/h4-11,16-18,24H,1-3H3/t16-,17+,18+,22-/m1/s1. The number of ether oxygens (including phenoxy) is 1. The fraction of sp³-hybridized carbons (Fsp3) is 0.318. The smallest absolute Gasteiger partial charge is 0.326 e. The van der Waals surface area contributed by atoms with Crippen molar-refractivity contribution in [2.75, 3.05) is 12.0 Å². The summed E-state index contributed by atoms with van der Waals surface area (Å²) in [4.78, 5) is 40.5. The molecule has 2 aliphatic heterocycles. The van der Waals surface area contributed by atoms with Crippen molar-refractivity contribution in [1.29, 1.82) is 0 Å². The highest BCUT2D eigenvalue weighted by Gasteiger charge is 2.67. The third-order valence-electron chi connectivity index (χ3n) is 5.92. The Morgan fingerprint density at radius 3 is 2.28 bits per heavy atom. The zero-order chi connectivity index (χ0) is 20.9. The molecule has 29 heavy (non-hydrogen) atoms. The van der Waals surface area contributed by atoms with Crippen LogP contribution in [0.4, 0.5) is 10.1 Å². The third-order valence-corrected chi connectivity index (χ3v) is 5.92. The second-order valence-corrected chi connectivity index (χ2v) is 7.72. The molecule has 0 spiro atoms. The molecule has 2 heterocycles. The Hall–Kier alpha value is -3.06. The number of imide groups is 1. The summed E-state index contributed by atoms with van der Waals surface area (Å²) in [5, 5.41) is 3.13. The van der Waals surface area contributed by atoms with Gasteiger partial charge < -0.3 is 4.74 Å². The number of carbonyl (C=O) groups is 3. The number of methoxy groups -OCH3 is 1. The van der Waals surface area contributed by atoms with Crippen LogP contribution >= 0.6 is 0 Å². The molecule has 2 aliphatic rings. The molecular weight excluding hydrogens is 375 g/mol. The van der Waals surface area contributed by atoms with Gasteiger partial charge in [-0.3, -0.25) is 19.7 Å². The summed E-state index contributed by atoms with van der Waals surface area (Å²) >= 11 is 0. The topological polar surface area (TPSA) is 75.7 Å². The van der Waals surface area contributed by atoms with Crippen LogP contribution in [0.5, 0.6) is 0 Å². The largest absolute Gasteiger partial charge is 0.468 e. The molecule has 2 saturated heterocycles. The Kier molecular flexibility index (Phi) is 4.50. The zero-order valence-electron chi connectivity index (χ0n) is 16.3. The molecule has 150 valence electrons. The Labute approximate surface area is 167 Å². The van der Waals surface area contributed by atoms with Gasteiger partial charge in [-0.05, 0) is 43.7 Å². The number of benzene rings is 2. The van der Waals surface area contributed by atoms with Crippen LogP contribution < -0.4 is 10.2 Å². The second kappa shape index (κ2) is 6.77. The highest BCUT2D eigenvalue weighted by molar-refractivity contribution is 6.24. The minimum absolute atomic E-state index is 0.390. The van der Waals surface area contributed by atoms with Crippen molar-refractivity contribution < 1.29 is 23.5 Å². The number of rotatable bonds is 3. The number of fused-ring (bicyclic) bond motifs is 1. The van der Waals surface area contributed by atoms with E-state index in [0.29, 0.717) is 11.3 Å². The minimum atomic E-state index is -1.38. The molecule has 6 nitrogen and oxygen atoms in total. The number of carbonyl (C=O) groups excluding carboxylic acids is 3. The molecule has 0 aliphatic carbocycles. The van der Waals surface area contributed by atoms with Crippen molar-refractivity contribution in [2.24, 2.45) is 11.8 Å². The lowest BCUT2D eigenvalue weighted by Crippen LogP contribution is -2.54. The zero-order valence-corrected chi connectivity index (χ0v) is 16.3. The highest BCUT2D eigenvalue weighted by Crippen LogP contribution is 2.49. The average Bonchev–Trinajstić information content (AvgIpc) is 3.17. The van der Waals surface area contributed by atoms with Gasteiger partial charge in [-0.2, -0.15) is 0 Å². The number of nitrogens with zero attached hydrogens (tertiary/aromatic N) is 1. The number of esters is 1. The summed E-state index contributed by atoms with van der Waals surface area (Å²) in [5.41, 5.74) is 0.703. The molecule has 2 aromatic carbocycles. The van der Waals surface area contributed by atoms with Crippen LogP contribution in [0.25, 0.3) is 0 Å². The molecule has 0 radical (unpaired) electrons. The van der Waals surface area contributed by atoms with E-state index in [0.717, 1.165) is 10.5 Å². The van der Waals surface area contributed by atoms with Gasteiger partial charge in [-0.1, -0.05) is 29.8 Å². The van der Waals surface area contributed by atoms with Crippen molar-refractivity contribution in [3.63, 3.8) is 0 Å². The first-order chi connectivity index (χ1) is 13.8. The number of nitrogens with one attached hydrogen (secondary N) is 1. The lowest BCUT2D eigenvalue weighted by Gasteiger charge is -2.28. The van der Waals surface area contributed by atoms with Crippen molar-refractivity contribution in [3.8, 4) is 0 Å². The molecule has 4 rings (SSSR count). The first kappa shape index (κ1) is 19.3. The van der Waals surface area contributed by atoms with Gasteiger partial charge in [0.2, 0.25) is 11.8 Å². The predicted molar refractivity (Wildman–Crippen MR) is 103 cm³/mol. The Morgan fingerprint density at radius 2 is 1.69 bits per heavy atom. The highest BCUT2D eigenvalue weighted by atomic mass is 19.1. The van der Waals surface area contributed by atoms with Crippen LogP contribution in [0, 0.1) is 24.6 Å². The van der Waals surface area contributed by atoms with Crippen LogP contribution in [-0.2, 0) is 19.1 Å². The van der Waals surface area contributed by atoms with E-state index in [1.165, 1.54) is 19.2 Å². The predicted octanol–water partition coefficient (Wildman–Crippen LogP) is 2.52. The SMILES string of the molecule is COC(=O)[C@]1(C)N[C@@H](c2ccc(F)cc2)[C@@H]2C(=O)N(c3ccc(C)cc3)C(=O)[C@H]21. The molecule has 0 saturated carbocycles. The van der Waals surface area contributed by atoms with Crippen molar-refractivity contribution in [2.45, 2.75) is 25.4 Å². The van der Waals surface area contributed by atoms with E-state index in [-0.39, 0.29) is 0 Å². The van der Waals surface area contributed by atoms with E-state index in [2.05, 4.69) is 5.32 Å². The maximum absolute atomic E-state index is 13.4. The van der Waals surface area contributed by atoms with Crippen LogP contribution in [0.1, 0.15) is 24.1 Å². The van der Waals surface area contributed by atoms with E-state index < -0.39 is 47.0 Å². The number of anilines is 1. The number of halogens is 1. The number of aryl methyl sites for hydroxylation is 1. The molecule has 2 aromatic rings. The van der Waals surface area contributed by atoms with E-state index in [1.807, 2.05) is 19.1 Å². The maximum atomic E-state index is 13.4. The van der Waals surface area contributed by atoms with Crippen LogP contribution in [-0.4, -0.2) is 30.4 Å². The Bertz CT molecular complexity index is 989. The van der Waals surface area contributed by atoms with Gasteiger partial charge in [0.25, 0.3) is 0 Å². The first-order valence-corrected chi connectivity index (χ1v) is 9.34. The van der Waals surface area contributed by atoms with E-state index in [1.54, 1.807) is 31.2 Å². The van der Waals surface area contributed by atoms with Gasteiger partial charge in [0.1, 0.15) is 11.4 Å². The lowest BCUT2D eigenvalue weighted by molar-refractivity contribution is -0.151. The third kappa shape index (κ3) is 2.84. The molecule has 2 amide bonds. The monoisotopic (exact) mass is 396 g/mol. The van der Waals surface area contributed by atoms with Gasteiger partial charge >= 0.3 is 5.97 Å². The van der Waals surface area contributed by atoms with Crippen molar-refractivity contribution in [3.05, 3.63) is 65.5 Å². The molecular formula is C22H21FN2O4. The van der Waals surface area contributed by atoms with Gasteiger partial charge in [0.05, 0.1) is 24.6 Å². The summed E-state index contributed by atoms with van der Waals surface area (Å²) in [6.07, 6.45) is 0. The molecule has 1 N–H and O–H groups in total. The second-order valence-electron chi connectivity index (χ2n) is 7.72. The van der Waals surface area contributed by atoms with Gasteiger partial charge in [0, 0.05) is 6.04 Å². The quantitative estimate of drug-likeness (QED) is 0.637. The van der Waals surface area contributed by atoms with E-state index >= 15 is 0 Å². The van der Waals surface area contributed by atoms with Gasteiger partial charge in [0.15, 0.2) is 0 Å². The summed E-state index contributed by atoms with van der Waals surface area (Å²) in [7, 11) is 1.24. The number of amides is 2. The van der Waals surface area contributed by atoms with Crippen LogP contribution in [0.15, 0.2) is 48.5 Å². The average molecular weight is 396 g/mol. The number of hydrogen-bond acceptors (Lipinski definition) is 5. The summed E-state index contributed by atoms with van der Waals surface area (Å²) in [5.74, 6) is -3.61. The van der Waals surface area contributed by atoms with Crippen LogP contribution in [0.3, 0.4) is 0 Å². The normalized spacial score (nSPS) is 28.6. The molecule has 0 unspecified atom stereocenters. The Balaban J connectivity index is 1.81. The Morgan fingerprint density at radius 1 is 1.07 bits per heavy atom. The molecule has 4 atom stereocenters. The summed E-state index contributed by atoms with van der Waals surface area (Å²) < 4.78 is 18.4. The maximum Gasteiger partial charge on any atom is 0.326 e. The minimum Gasteiger partial charge on any atom is -0.468 e.